The fourth-order valence-electron chi connectivity index (χ4n) is 2.31. The van der Waals surface area contributed by atoms with Gasteiger partial charge < -0.3 is 0 Å². The first-order chi connectivity index (χ1) is 10.2. The zero-order valence-electron chi connectivity index (χ0n) is 11.2. The molecular weight excluding hydrogens is 337 g/mol. The minimum Gasteiger partial charge on any atom is -0.212 e. The Balaban J connectivity index is 2.61. The molecule has 0 fully saturated rings. The molecule has 1 atom stereocenters. The maximum absolute atomic E-state index is 13.2. The molecule has 0 aliphatic carbocycles. The van der Waals surface area contributed by atoms with Crippen LogP contribution in [0.5, 0.6) is 0 Å². The molecule has 2 nitrogen and oxygen atoms in total. The maximum Gasteiger partial charge on any atom is 0.416 e. The Morgan fingerprint density at radius 3 is 2.05 bits per heavy atom. The molecule has 118 valence electrons. The highest BCUT2D eigenvalue weighted by molar-refractivity contribution is 8.13. The molecular formula is C15H12ClF3O2S. The minimum atomic E-state index is -4.57. The van der Waals surface area contributed by atoms with Gasteiger partial charge >= 0.3 is 6.18 Å². The maximum atomic E-state index is 13.2. The van der Waals surface area contributed by atoms with Gasteiger partial charge in [0.25, 0.3) is 0 Å². The molecule has 0 saturated carbocycles. The molecule has 0 radical (unpaired) electrons. The van der Waals surface area contributed by atoms with Crippen molar-refractivity contribution in [2.24, 2.45) is 0 Å². The van der Waals surface area contributed by atoms with Gasteiger partial charge in [0.05, 0.1) is 11.3 Å². The van der Waals surface area contributed by atoms with E-state index in [2.05, 4.69) is 0 Å². The lowest BCUT2D eigenvalue weighted by Crippen LogP contribution is -2.17. The van der Waals surface area contributed by atoms with Crippen LogP contribution in [0.1, 0.15) is 22.6 Å². The predicted molar refractivity (Wildman–Crippen MR) is 79.4 cm³/mol. The Hall–Kier alpha value is -1.53. The van der Waals surface area contributed by atoms with E-state index < -0.39 is 32.5 Å². The lowest BCUT2D eigenvalue weighted by molar-refractivity contribution is -0.138. The van der Waals surface area contributed by atoms with Gasteiger partial charge in [0.1, 0.15) is 0 Å². The van der Waals surface area contributed by atoms with Crippen molar-refractivity contribution in [3.05, 3.63) is 71.3 Å². The average Bonchev–Trinajstić information content (AvgIpc) is 2.44. The van der Waals surface area contributed by atoms with Crippen molar-refractivity contribution in [2.45, 2.75) is 12.1 Å². The van der Waals surface area contributed by atoms with Crippen molar-refractivity contribution in [1.29, 1.82) is 0 Å². The van der Waals surface area contributed by atoms with E-state index in [1.54, 1.807) is 30.3 Å². The monoisotopic (exact) mass is 348 g/mol. The third-order valence-corrected chi connectivity index (χ3v) is 4.32. The highest BCUT2D eigenvalue weighted by Crippen LogP contribution is 2.38. The molecule has 0 heterocycles. The molecule has 0 bridgehead atoms. The molecule has 7 heteroatoms. The van der Waals surface area contributed by atoms with Crippen LogP contribution in [0.4, 0.5) is 13.2 Å². The quantitative estimate of drug-likeness (QED) is 0.767. The van der Waals surface area contributed by atoms with E-state index >= 15 is 0 Å². The molecule has 0 aliphatic heterocycles. The number of hydrogen-bond acceptors (Lipinski definition) is 2. The fraction of sp³-hybridized carbons (Fsp3) is 0.200. The average molecular weight is 349 g/mol. The minimum absolute atomic E-state index is 0.106. The summed E-state index contributed by atoms with van der Waals surface area (Å²) in [4.78, 5) is 0. The van der Waals surface area contributed by atoms with Gasteiger partial charge in [-0.05, 0) is 17.2 Å². The van der Waals surface area contributed by atoms with Crippen LogP contribution >= 0.6 is 10.7 Å². The van der Waals surface area contributed by atoms with Crippen LogP contribution in [0.3, 0.4) is 0 Å². The zero-order chi connectivity index (χ0) is 16.4. The van der Waals surface area contributed by atoms with E-state index in [1.807, 2.05) is 0 Å². The molecule has 2 aromatic carbocycles. The molecule has 0 aliphatic rings. The van der Waals surface area contributed by atoms with Gasteiger partial charge in [-0.3, -0.25) is 0 Å². The molecule has 2 aromatic rings. The van der Waals surface area contributed by atoms with E-state index in [9.17, 15) is 21.6 Å². The summed E-state index contributed by atoms with van der Waals surface area (Å²) in [6.45, 7) is 0. The Kier molecular flexibility index (Phi) is 4.82. The normalized spacial score (nSPS) is 13.8. The van der Waals surface area contributed by atoms with Crippen LogP contribution in [0.25, 0.3) is 0 Å². The van der Waals surface area contributed by atoms with E-state index in [-0.39, 0.29) is 5.56 Å². The van der Waals surface area contributed by atoms with Gasteiger partial charge in [0.15, 0.2) is 0 Å². The van der Waals surface area contributed by atoms with Gasteiger partial charge in [-0.15, -0.1) is 0 Å². The van der Waals surface area contributed by atoms with Gasteiger partial charge in [0, 0.05) is 16.6 Å². The summed E-state index contributed by atoms with van der Waals surface area (Å²) in [5, 5.41) is 0. The van der Waals surface area contributed by atoms with Crippen LogP contribution < -0.4 is 0 Å². The van der Waals surface area contributed by atoms with E-state index in [1.165, 1.54) is 18.2 Å². The van der Waals surface area contributed by atoms with Gasteiger partial charge in [0.2, 0.25) is 9.05 Å². The standard InChI is InChI=1S/C15H12ClF3O2S/c16-22(20,21)10-13(11-6-2-1-3-7-11)12-8-4-5-9-14(12)15(17,18)19/h1-9,13H,10H2/t13-/m0/s1. The van der Waals surface area contributed by atoms with Crippen molar-refractivity contribution in [2.75, 3.05) is 5.75 Å². The van der Waals surface area contributed by atoms with E-state index in [0.717, 1.165) is 6.07 Å². The number of alkyl halides is 3. The van der Waals surface area contributed by atoms with Gasteiger partial charge in [-0.1, -0.05) is 48.5 Å². The largest absolute Gasteiger partial charge is 0.416 e. The van der Waals surface area contributed by atoms with Crippen LogP contribution in [-0.2, 0) is 15.2 Å². The molecule has 0 N–H and O–H groups in total. The fourth-order valence-corrected chi connectivity index (χ4v) is 3.46. The summed E-state index contributed by atoms with van der Waals surface area (Å²) in [5.74, 6) is -1.59. The molecule has 0 aromatic heterocycles. The van der Waals surface area contributed by atoms with Crippen LogP contribution in [0, 0.1) is 0 Å². The van der Waals surface area contributed by atoms with Gasteiger partial charge in [-0.2, -0.15) is 13.2 Å². The summed E-state index contributed by atoms with van der Waals surface area (Å²) in [6.07, 6.45) is -4.57. The van der Waals surface area contributed by atoms with Crippen molar-refractivity contribution in [1.82, 2.24) is 0 Å². The summed E-state index contributed by atoms with van der Waals surface area (Å²) >= 11 is 0. The molecule has 22 heavy (non-hydrogen) atoms. The molecule has 0 saturated heterocycles. The third kappa shape index (κ3) is 4.24. The van der Waals surface area contributed by atoms with E-state index in [4.69, 9.17) is 10.7 Å². The summed E-state index contributed by atoms with van der Waals surface area (Å²) in [7, 11) is 1.31. The van der Waals surface area contributed by atoms with Crippen molar-refractivity contribution >= 4 is 19.7 Å². The van der Waals surface area contributed by atoms with Crippen LogP contribution in [-0.4, -0.2) is 14.2 Å². The number of hydrogen-bond donors (Lipinski definition) is 0. The number of benzene rings is 2. The lowest BCUT2D eigenvalue weighted by atomic mass is 9.89. The van der Waals surface area contributed by atoms with Crippen LogP contribution in [0.2, 0.25) is 0 Å². The highest BCUT2D eigenvalue weighted by atomic mass is 35.7. The SMILES string of the molecule is O=S(=O)(Cl)C[C@@H](c1ccccc1)c1ccccc1C(F)(F)F. The lowest BCUT2D eigenvalue weighted by Gasteiger charge is -2.21. The Labute approximate surface area is 131 Å². The Morgan fingerprint density at radius 1 is 0.955 bits per heavy atom. The number of rotatable bonds is 4. The first kappa shape index (κ1) is 16.8. The first-order valence-electron chi connectivity index (χ1n) is 6.32. The summed E-state index contributed by atoms with van der Waals surface area (Å²) in [5.41, 5.74) is -0.502. The second-order valence-electron chi connectivity index (χ2n) is 4.75. The van der Waals surface area contributed by atoms with E-state index in [0.29, 0.717) is 5.56 Å². The highest BCUT2D eigenvalue weighted by Gasteiger charge is 2.36. The van der Waals surface area contributed by atoms with Gasteiger partial charge in [-0.25, -0.2) is 8.42 Å². The molecule has 0 unspecified atom stereocenters. The number of halogens is 4. The first-order valence-corrected chi connectivity index (χ1v) is 8.80. The van der Waals surface area contributed by atoms with Crippen LogP contribution in [0.15, 0.2) is 54.6 Å². The smallest absolute Gasteiger partial charge is 0.212 e. The summed E-state index contributed by atoms with van der Waals surface area (Å²) < 4.78 is 62.4. The topological polar surface area (TPSA) is 34.1 Å². The van der Waals surface area contributed by atoms with Crippen molar-refractivity contribution in [3.8, 4) is 0 Å². The predicted octanol–water partition coefficient (Wildman–Crippen LogP) is 4.41. The Bertz CT molecular complexity index is 743. The van der Waals surface area contributed by atoms with Crippen molar-refractivity contribution in [3.63, 3.8) is 0 Å². The zero-order valence-corrected chi connectivity index (χ0v) is 12.8. The third-order valence-electron chi connectivity index (χ3n) is 3.21. The Morgan fingerprint density at radius 2 is 1.50 bits per heavy atom. The molecule has 0 amide bonds. The molecule has 2 rings (SSSR count). The summed E-state index contributed by atoms with van der Waals surface area (Å²) in [6, 6.07) is 13.1. The van der Waals surface area contributed by atoms with Crippen molar-refractivity contribution < 1.29 is 21.6 Å². The molecule has 0 spiro atoms. The second-order valence-corrected chi connectivity index (χ2v) is 7.58. The second kappa shape index (κ2) is 6.30.